The normalized spacial score (nSPS) is 28.3. The molecule has 0 spiro atoms. The van der Waals surface area contributed by atoms with E-state index in [0.717, 1.165) is 18.4 Å². The smallest absolute Gasteiger partial charge is 0.405 e. The van der Waals surface area contributed by atoms with Gasteiger partial charge in [-0.25, -0.2) is 0 Å². The van der Waals surface area contributed by atoms with Gasteiger partial charge in [-0.2, -0.15) is 0 Å². The van der Waals surface area contributed by atoms with Crippen molar-refractivity contribution in [2.45, 2.75) is 42.5 Å². The molecular weight excluding hydrogens is 301 g/mol. The highest BCUT2D eigenvalue weighted by atomic mass is 32.2. The van der Waals surface area contributed by atoms with Crippen molar-refractivity contribution in [3.8, 4) is 5.75 Å². The predicted octanol–water partition coefficient (Wildman–Crippen LogP) is 3.74. The third kappa shape index (κ3) is 3.31. The number of benzene rings is 1. The van der Waals surface area contributed by atoms with Crippen LogP contribution in [0.25, 0.3) is 0 Å². The molecule has 1 aromatic carbocycles. The van der Waals surface area contributed by atoms with E-state index in [2.05, 4.69) is 4.74 Å². The maximum Gasteiger partial charge on any atom is 0.573 e. The molecule has 3 atom stereocenters. The fourth-order valence-electron chi connectivity index (χ4n) is 3.04. The number of para-hydroxylation sites is 1. The molecule has 21 heavy (non-hydrogen) atoms. The Bertz CT molecular complexity index is 595. The number of alkyl halides is 3. The first kappa shape index (κ1) is 14.6. The van der Waals surface area contributed by atoms with Crippen molar-refractivity contribution in [1.82, 2.24) is 0 Å². The van der Waals surface area contributed by atoms with E-state index in [-0.39, 0.29) is 16.2 Å². The predicted molar refractivity (Wildman–Crippen MR) is 74.5 cm³/mol. The molecule has 2 bridgehead atoms. The molecule has 1 fully saturated rings. The molecule has 0 aliphatic carbocycles. The summed E-state index contributed by atoms with van der Waals surface area (Å²) in [7, 11) is -0.806. The minimum absolute atomic E-state index is 0.0782. The van der Waals surface area contributed by atoms with Crippen molar-refractivity contribution in [2.75, 3.05) is 0 Å². The summed E-state index contributed by atoms with van der Waals surface area (Å²) in [4.78, 5) is 0. The van der Waals surface area contributed by atoms with Gasteiger partial charge in [0.05, 0.1) is 5.25 Å². The Hall–Kier alpha value is -1.30. The van der Waals surface area contributed by atoms with E-state index >= 15 is 0 Å². The Morgan fingerprint density at radius 2 is 2.00 bits per heavy atom. The lowest BCUT2D eigenvalue weighted by molar-refractivity contribution is -0.274. The van der Waals surface area contributed by atoms with Crippen LogP contribution in [0, 0.1) is 0 Å². The highest BCUT2D eigenvalue weighted by Crippen LogP contribution is 2.37. The molecule has 2 aliphatic heterocycles. The number of rotatable bonds is 3. The molecule has 6 heteroatoms. The van der Waals surface area contributed by atoms with Gasteiger partial charge in [0.25, 0.3) is 0 Å². The Labute approximate surface area is 123 Å². The summed E-state index contributed by atoms with van der Waals surface area (Å²) in [6.07, 6.45) is 0.306. The Balaban J connectivity index is 1.80. The minimum atomic E-state index is -4.68. The van der Waals surface area contributed by atoms with Crippen LogP contribution in [0.1, 0.15) is 24.8 Å². The van der Waals surface area contributed by atoms with Gasteiger partial charge in [0.2, 0.25) is 0 Å². The molecule has 0 amide bonds. The monoisotopic (exact) mass is 316 g/mol. The van der Waals surface area contributed by atoms with Gasteiger partial charge in [0, 0.05) is 16.0 Å². The molecule has 1 saturated heterocycles. The second-order valence-electron chi connectivity index (χ2n) is 5.43. The van der Waals surface area contributed by atoms with Crippen LogP contribution in [0.5, 0.6) is 5.75 Å². The first-order valence-corrected chi connectivity index (χ1v) is 8.12. The zero-order chi connectivity index (χ0) is 15.0. The number of fused-ring (bicyclic) bond motifs is 2. The van der Waals surface area contributed by atoms with Crippen LogP contribution in [-0.4, -0.2) is 21.1 Å². The zero-order valence-corrected chi connectivity index (χ0v) is 12.0. The Kier molecular flexibility index (Phi) is 3.82. The van der Waals surface area contributed by atoms with E-state index in [1.165, 1.54) is 12.1 Å². The first-order valence-electron chi connectivity index (χ1n) is 6.85. The molecule has 2 heterocycles. The van der Waals surface area contributed by atoms with E-state index in [4.69, 9.17) is 0 Å². The summed E-state index contributed by atoms with van der Waals surface area (Å²) >= 11 is 0. The summed E-state index contributed by atoms with van der Waals surface area (Å²) < 4.78 is 53.2. The molecule has 3 rings (SSSR count). The number of ether oxygens (including phenoxy) is 1. The van der Waals surface area contributed by atoms with Crippen LogP contribution in [0.3, 0.4) is 0 Å². The van der Waals surface area contributed by atoms with Gasteiger partial charge < -0.3 is 4.74 Å². The summed E-state index contributed by atoms with van der Waals surface area (Å²) in [5.41, 5.74) is 1.59. The lowest BCUT2D eigenvalue weighted by Gasteiger charge is -2.20. The second-order valence-corrected chi connectivity index (χ2v) is 7.36. The molecule has 2 nitrogen and oxygen atoms in total. The van der Waals surface area contributed by atoms with E-state index < -0.39 is 17.2 Å². The van der Waals surface area contributed by atoms with Crippen molar-refractivity contribution in [2.24, 2.45) is 0 Å². The van der Waals surface area contributed by atoms with Gasteiger partial charge in [-0.1, -0.05) is 29.8 Å². The van der Waals surface area contributed by atoms with E-state index in [1.54, 1.807) is 12.1 Å². The van der Waals surface area contributed by atoms with Crippen molar-refractivity contribution < 1.29 is 22.1 Å². The lowest BCUT2D eigenvalue weighted by Crippen LogP contribution is -2.21. The molecular formula is C15H15F3O2S. The van der Waals surface area contributed by atoms with Crippen LogP contribution in [0.2, 0.25) is 0 Å². The Morgan fingerprint density at radius 3 is 2.71 bits per heavy atom. The molecule has 114 valence electrons. The van der Waals surface area contributed by atoms with Gasteiger partial charge >= 0.3 is 6.36 Å². The molecule has 2 aliphatic rings. The van der Waals surface area contributed by atoms with E-state index in [0.29, 0.717) is 18.4 Å². The average Bonchev–Trinajstić information content (AvgIpc) is 2.62. The third-order valence-electron chi connectivity index (χ3n) is 3.93. The van der Waals surface area contributed by atoms with Crippen LogP contribution in [0.15, 0.2) is 35.9 Å². The molecule has 0 saturated carbocycles. The van der Waals surface area contributed by atoms with Crippen molar-refractivity contribution in [3.05, 3.63) is 41.5 Å². The first-order chi connectivity index (χ1) is 9.92. The summed E-state index contributed by atoms with van der Waals surface area (Å²) in [5, 5.41) is 0.250. The van der Waals surface area contributed by atoms with E-state index in [9.17, 15) is 17.4 Å². The average molecular weight is 316 g/mol. The SMILES string of the molecule is O=S1C2C=C(Cc3ccccc3OC(F)(F)F)CC1CC2. The molecule has 0 radical (unpaired) electrons. The van der Waals surface area contributed by atoms with Crippen molar-refractivity contribution >= 4 is 10.8 Å². The molecule has 3 unspecified atom stereocenters. The number of hydrogen-bond acceptors (Lipinski definition) is 2. The maximum absolute atomic E-state index is 12.4. The fourth-order valence-corrected chi connectivity index (χ4v) is 4.97. The highest BCUT2D eigenvalue weighted by molar-refractivity contribution is 7.86. The quantitative estimate of drug-likeness (QED) is 0.794. The maximum atomic E-state index is 12.4. The van der Waals surface area contributed by atoms with E-state index in [1.807, 2.05) is 6.08 Å². The topological polar surface area (TPSA) is 26.3 Å². The standard InChI is InChI=1S/C15H15F3O2S/c16-15(17,18)20-14-4-2-1-3-11(14)7-10-8-12-5-6-13(9-10)21(12)19/h1-4,8,12-13H,5-7,9H2. The summed E-state index contributed by atoms with van der Waals surface area (Å²) in [6.45, 7) is 0. The molecule has 0 N–H and O–H groups in total. The summed E-state index contributed by atoms with van der Waals surface area (Å²) in [6, 6.07) is 6.21. The Morgan fingerprint density at radius 1 is 1.24 bits per heavy atom. The van der Waals surface area contributed by atoms with Crippen LogP contribution >= 0.6 is 0 Å². The molecule has 0 aromatic heterocycles. The lowest BCUT2D eigenvalue weighted by atomic mass is 10.00. The molecule has 1 aromatic rings. The van der Waals surface area contributed by atoms with Crippen molar-refractivity contribution in [1.29, 1.82) is 0 Å². The van der Waals surface area contributed by atoms with Gasteiger partial charge in [-0.3, -0.25) is 4.21 Å². The number of halogens is 3. The van der Waals surface area contributed by atoms with Gasteiger partial charge in [-0.15, -0.1) is 13.2 Å². The summed E-state index contributed by atoms with van der Waals surface area (Å²) in [5.74, 6) is -0.148. The second kappa shape index (κ2) is 5.48. The third-order valence-corrected chi connectivity index (χ3v) is 5.96. The van der Waals surface area contributed by atoms with Crippen LogP contribution < -0.4 is 4.74 Å². The van der Waals surface area contributed by atoms with Gasteiger partial charge in [-0.05, 0) is 37.3 Å². The van der Waals surface area contributed by atoms with Crippen molar-refractivity contribution in [3.63, 3.8) is 0 Å². The minimum Gasteiger partial charge on any atom is -0.405 e. The zero-order valence-electron chi connectivity index (χ0n) is 11.2. The highest BCUT2D eigenvalue weighted by Gasteiger charge is 2.36. The number of hydrogen-bond donors (Lipinski definition) is 0. The van der Waals surface area contributed by atoms with Gasteiger partial charge in [0.1, 0.15) is 5.75 Å². The van der Waals surface area contributed by atoms with Crippen LogP contribution in [0.4, 0.5) is 13.2 Å². The largest absolute Gasteiger partial charge is 0.573 e. The van der Waals surface area contributed by atoms with Gasteiger partial charge in [0.15, 0.2) is 0 Å². The number of allylic oxidation sites excluding steroid dienone is 1. The fraction of sp³-hybridized carbons (Fsp3) is 0.467. The van der Waals surface area contributed by atoms with Crippen LogP contribution in [-0.2, 0) is 17.2 Å².